The third-order valence-electron chi connectivity index (χ3n) is 3.93. The van der Waals surface area contributed by atoms with Gasteiger partial charge < -0.3 is 15.5 Å². The van der Waals surface area contributed by atoms with E-state index < -0.39 is 0 Å². The number of carbonyl (C=O) groups excluding carboxylic acids is 1. The molecule has 0 saturated carbocycles. The zero-order chi connectivity index (χ0) is 19.2. The van der Waals surface area contributed by atoms with Gasteiger partial charge in [-0.15, -0.1) is 10.2 Å². The Morgan fingerprint density at radius 3 is 2.52 bits per heavy atom. The van der Waals surface area contributed by atoms with Gasteiger partial charge in [0, 0.05) is 18.3 Å². The molecule has 2 N–H and O–H groups in total. The summed E-state index contributed by atoms with van der Waals surface area (Å²) in [6, 6.07) is 16.9. The minimum atomic E-state index is -0.0446. The molecule has 3 aromatic rings. The van der Waals surface area contributed by atoms with E-state index in [1.54, 1.807) is 11.9 Å². The Kier molecular flexibility index (Phi) is 5.97. The lowest BCUT2D eigenvalue weighted by Crippen LogP contribution is -2.28. The van der Waals surface area contributed by atoms with Crippen LogP contribution >= 0.6 is 11.8 Å². The van der Waals surface area contributed by atoms with Crippen molar-refractivity contribution in [2.24, 2.45) is 0 Å². The van der Waals surface area contributed by atoms with E-state index in [-0.39, 0.29) is 11.7 Å². The highest BCUT2D eigenvalue weighted by Gasteiger charge is 2.16. The summed E-state index contributed by atoms with van der Waals surface area (Å²) in [5, 5.41) is 8.73. The average Bonchev–Trinajstić information content (AvgIpc) is 3.07. The molecule has 0 fully saturated rings. The van der Waals surface area contributed by atoms with E-state index in [0.717, 1.165) is 17.0 Å². The summed E-state index contributed by atoms with van der Waals surface area (Å²) < 4.78 is 6.83. The Balaban J connectivity index is 1.66. The van der Waals surface area contributed by atoms with Crippen molar-refractivity contribution >= 4 is 23.4 Å². The lowest BCUT2D eigenvalue weighted by Gasteiger charge is -2.16. The largest absolute Gasteiger partial charge is 0.494 e. The third kappa shape index (κ3) is 4.40. The maximum absolute atomic E-state index is 12.4. The van der Waals surface area contributed by atoms with Crippen molar-refractivity contribution in [1.29, 1.82) is 0 Å². The molecule has 0 aliphatic carbocycles. The summed E-state index contributed by atoms with van der Waals surface area (Å²) in [6.45, 7) is 2.54. The molecule has 0 atom stereocenters. The highest BCUT2D eigenvalue weighted by Crippen LogP contribution is 2.24. The number of aromatic nitrogens is 3. The summed E-state index contributed by atoms with van der Waals surface area (Å²) in [4.78, 5) is 14.0. The summed E-state index contributed by atoms with van der Waals surface area (Å²) in [5.41, 5.74) is 1.67. The van der Waals surface area contributed by atoms with Gasteiger partial charge in [-0.2, -0.15) is 0 Å². The molecular formula is C19H21N5O2S. The van der Waals surface area contributed by atoms with Crippen molar-refractivity contribution in [1.82, 2.24) is 14.9 Å². The lowest BCUT2D eigenvalue weighted by atomic mass is 10.2. The average molecular weight is 383 g/mol. The minimum Gasteiger partial charge on any atom is -0.494 e. The molecule has 0 saturated heterocycles. The maximum atomic E-state index is 12.4. The van der Waals surface area contributed by atoms with Crippen LogP contribution in [0.15, 0.2) is 59.8 Å². The predicted molar refractivity (Wildman–Crippen MR) is 107 cm³/mol. The quantitative estimate of drug-likeness (QED) is 0.499. The maximum Gasteiger partial charge on any atom is 0.237 e. The number of carbonyl (C=O) groups is 1. The first-order valence-corrected chi connectivity index (χ1v) is 9.47. The molecule has 1 aromatic heterocycles. The van der Waals surface area contributed by atoms with E-state index in [2.05, 4.69) is 10.2 Å². The fraction of sp³-hybridized carbons (Fsp3) is 0.211. The Bertz CT molecular complexity index is 896. The molecule has 0 spiro atoms. The van der Waals surface area contributed by atoms with Crippen molar-refractivity contribution in [3.63, 3.8) is 0 Å². The van der Waals surface area contributed by atoms with Crippen molar-refractivity contribution < 1.29 is 9.53 Å². The van der Waals surface area contributed by atoms with Crippen LogP contribution < -0.4 is 15.5 Å². The van der Waals surface area contributed by atoms with Crippen LogP contribution in [0.25, 0.3) is 11.4 Å². The Labute approximate surface area is 162 Å². The molecule has 1 heterocycles. The molecule has 0 radical (unpaired) electrons. The monoisotopic (exact) mass is 383 g/mol. The molecular weight excluding hydrogens is 362 g/mol. The smallest absolute Gasteiger partial charge is 0.237 e. The van der Waals surface area contributed by atoms with Crippen LogP contribution in [-0.2, 0) is 4.79 Å². The first-order valence-electron chi connectivity index (χ1n) is 8.48. The molecule has 27 heavy (non-hydrogen) atoms. The second-order valence-electron chi connectivity index (χ2n) is 5.71. The number of thioether (sulfide) groups is 1. The van der Waals surface area contributed by atoms with Crippen LogP contribution in [0, 0.1) is 0 Å². The highest BCUT2D eigenvalue weighted by molar-refractivity contribution is 7.99. The van der Waals surface area contributed by atoms with Gasteiger partial charge in [-0.05, 0) is 43.3 Å². The normalized spacial score (nSPS) is 10.6. The van der Waals surface area contributed by atoms with Crippen LogP contribution in [0.4, 0.5) is 5.69 Å². The van der Waals surface area contributed by atoms with Gasteiger partial charge in [0.15, 0.2) is 5.82 Å². The number of nitrogens with zero attached hydrogens (tertiary/aromatic N) is 4. The highest BCUT2D eigenvalue weighted by atomic mass is 32.2. The first kappa shape index (κ1) is 18.8. The topological polar surface area (TPSA) is 86.3 Å². The second kappa shape index (κ2) is 8.59. The zero-order valence-corrected chi connectivity index (χ0v) is 16.0. The van der Waals surface area contributed by atoms with E-state index in [1.165, 1.54) is 16.4 Å². The first-order chi connectivity index (χ1) is 13.1. The van der Waals surface area contributed by atoms with E-state index in [1.807, 2.05) is 61.5 Å². The Morgan fingerprint density at radius 1 is 1.15 bits per heavy atom. The number of amides is 1. The van der Waals surface area contributed by atoms with Gasteiger partial charge in [-0.1, -0.05) is 30.0 Å². The lowest BCUT2D eigenvalue weighted by molar-refractivity contribution is -0.115. The number of ether oxygens (including phenoxy) is 1. The van der Waals surface area contributed by atoms with Crippen molar-refractivity contribution in [3.05, 3.63) is 54.6 Å². The summed E-state index contributed by atoms with van der Waals surface area (Å²) >= 11 is 1.25. The van der Waals surface area contributed by atoms with Gasteiger partial charge >= 0.3 is 0 Å². The SMILES string of the molecule is CCOc1ccc(-c2nnc(SCC(=O)N(C)c3ccccc3)n2N)cc1. The molecule has 0 bridgehead atoms. The molecule has 7 nitrogen and oxygen atoms in total. The fourth-order valence-corrected chi connectivity index (χ4v) is 3.23. The van der Waals surface area contributed by atoms with Gasteiger partial charge in [-0.3, -0.25) is 4.79 Å². The number of nitrogen functional groups attached to an aromatic ring is 1. The van der Waals surface area contributed by atoms with Gasteiger partial charge in [0.05, 0.1) is 12.4 Å². The van der Waals surface area contributed by atoms with Gasteiger partial charge in [-0.25, -0.2) is 4.68 Å². The van der Waals surface area contributed by atoms with Crippen molar-refractivity contribution in [3.8, 4) is 17.1 Å². The molecule has 0 aliphatic heterocycles. The van der Waals surface area contributed by atoms with E-state index >= 15 is 0 Å². The second-order valence-corrected chi connectivity index (χ2v) is 6.65. The van der Waals surface area contributed by atoms with Crippen molar-refractivity contribution in [2.45, 2.75) is 12.1 Å². The molecule has 8 heteroatoms. The van der Waals surface area contributed by atoms with Crippen LogP contribution in [0.3, 0.4) is 0 Å². The van der Waals surface area contributed by atoms with Crippen LogP contribution in [0.5, 0.6) is 5.75 Å². The number of hydrogen-bond donors (Lipinski definition) is 1. The van der Waals surface area contributed by atoms with Gasteiger partial charge in [0.2, 0.25) is 11.1 Å². The molecule has 0 unspecified atom stereocenters. The summed E-state index contributed by atoms with van der Waals surface area (Å²) in [6.07, 6.45) is 0. The van der Waals surface area contributed by atoms with Gasteiger partial charge in [0.25, 0.3) is 0 Å². The summed E-state index contributed by atoms with van der Waals surface area (Å²) in [5.74, 6) is 7.61. The van der Waals surface area contributed by atoms with Crippen molar-refractivity contribution in [2.75, 3.05) is 30.1 Å². The van der Waals surface area contributed by atoms with E-state index in [0.29, 0.717) is 17.6 Å². The molecule has 140 valence electrons. The standard InChI is InChI=1S/C19H21N5O2S/c1-3-26-16-11-9-14(10-12-16)18-21-22-19(24(18)20)27-13-17(25)23(2)15-7-5-4-6-8-15/h4-12H,3,13,20H2,1-2H3. The number of nitrogens with two attached hydrogens (primary N) is 1. The Hall–Kier alpha value is -3.00. The molecule has 2 aromatic carbocycles. The number of anilines is 1. The number of benzene rings is 2. The fourth-order valence-electron chi connectivity index (χ4n) is 2.46. The predicted octanol–water partition coefficient (Wildman–Crippen LogP) is 2.81. The zero-order valence-electron chi connectivity index (χ0n) is 15.2. The van der Waals surface area contributed by atoms with Gasteiger partial charge in [0.1, 0.15) is 5.75 Å². The molecule has 3 rings (SSSR count). The van der Waals surface area contributed by atoms with E-state index in [9.17, 15) is 4.79 Å². The van der Waals surface area contributed by atoms with E-state index in [4.69, 9.17) is 10.6 Å². The third-order valence-corrected chi connectivity index (χ3v) is 4.86. The molecule has 1 amide bonds. The van der Waals surface area contributed by atoms with Crippen LogP contribution in [0.2, 0.25) is 0 Å². The Morgan fingerprint density at radius 2 is 1.85 bits per heavy atom. The minimum absolute atomic E-state index is 0.0446. The summed E-state index contributed by atoms with van der Waals surface area (Å²) in [7, 11) is 1.75. The number of hydrogen-bond acceptors (Lipinski definition) is 6. The number of para-hydroxylation sites is 1. The van der Waals surface area contributed by atoms with Crippen LogP contribution in [-0.4, -0.2) is 40.2 Å². The number of rotatable bonds is 7. The van der Waals surface area contributed by atoms with Crippen LogP contribution in [0.1, 0.15) is 6.92 Å². The molecule has 0 aliphatic rings.